The quantitative estimate of drug-likeness (QED) is 0.564. The van der Waals surface area contributed by atoms with Gasteiger partial charge in [-0.15, -0.1) is 0 Å². The fourth-order valence-corrected chi connectivity index (χ4v) is 1.71. The molecule has 4 heteroatoms. The van der Waals surface area contributed by atoms with E-state index in [1.54, 1.807) is 6.07 Å². The van der Waals surface area contributed by atoms with Crippen LogP contribution in [-0.4, -0.2) is 24.8 Å². The van der Waals surface area contributed by atoms with Gasteiger partial charge < -0.3 is 4.74 Å². The van der Waals surface area contributed by atoms with Crippen LogP contribution in [0, 0.1) is 11.7 Å². The molecule has 0 spiro atoms. The zero-order chi connectivity index (χ0) is 11.5. The van der Waals surface area contributed by atoms with Crippen molar-refractivity contribution in [2.75, 3.05) is 13.2 Å². The molecule has 0 saturated carbocycles. The van der Waals surface area contributed by atoms with E-state index in [1.165, 1.54) is 18.2 Å². The standard InChI is InChI=1S/C12H11FO3/c13-10-4-2-1-3-8(10)12(15)9-7-16-6-5-11(9)14/h1-4,9H,5-7H2. The second-order valence-electron chi connectivity index (χ2n) is 3.69. The summed E-state index contributed by atoms with van der Waals surface area (Å²) in [5, 5.41) is 0. The van der Waals surface area contributed by atoms with Gasteiger partial charge in [0.2, 0.25) is 0 Å². The van der Waals surface area contributed by atoms with Gasteiger partial charge in [0.05, 0.1) is 18.8 Å². The van der Waals surface area contributed by atoms with E-state index in [0.29, 0.717) is 6.61 Å². The minimum atomic E-state index is -0.842. The predicted octanol–water partition coefficient (Wildman–Crippen LogP) is 1.61. The smallest absolute Gasteiger partial charge is 0.178 e. The highest BCUT2D eigenvalue weighted by Gasteiger charge is 2.31. The van der Waals surface area contributed by atoms with E-state index in [1.807, 2.05) is 0 Å². The first-order valence-electron chi connectivity index (χ1n) is 5.09. The molecule has 0 amide bonds. The van der Waals surface area contributed by atoms with Crippen molar-refractivity contribution in [1.82, 2.24) is 0 Å². The molecule has 1 heterocycles. The SMILES string of the molecule is O=C1CCOCC1C(=O)c1ccccc1F. The van der Waals surface area contributed by atoms with Crippen LogP contribution in [0.25, 0.3) is 0 Å². The van der Waals surface area contributed by atoms with E-state index < -0.39 is 17.5 Å². The first-order valence-corrected chi connectivity index (χ1v) is 5.09. The van der Waals surface area contributed by atoms with Crippen molar-refractivity contribution in [1.29, 1.82) is 0 Å². The molecular formula is C12H11FO3. The lowest BCUT2D eigenvalue weighted by molar-refractivity contribution is -0.128. The molecule has 1 unspecified atom stereocenters. The molecule has 1 saturated heterocycles. The van der Waals surface area contributed by atoms with E-state index in [4.69, 9.17) is 4.74 Å². The van der Waals surface area contributed by atoms with Gasteiger partial charge in [-0.05, 0) is 12.1 Å². The zero-order valence-corrected chi connectivity index (χ0v) is 8.61. The lowest BCUT2D eigenvalue weighted by Gasteiger charge is -2.19. The molecular weight excluding hydrogens is 211 g/mol. The van der Waals surface area contributed by atoms with E-state index >= 15 is 0 Å². The van der Waals surface area contributed by atoms with E-state index in [-0.39, 0.29) is 24.4 Å². The van der Waals surface area contributed by atoms with Gasteiger partial charge in [-0.1, -0.05) is 12.1 Å². The van der Waals surface area contributed by atoms with Crippen molar-refractivity contribution in [3.05, 3.63) is 35.6 Å². The Hall–Kier alpha value is -1.55. The number of ketones is 2. The van der Waals surface area contributed by atoms with Crippen molar-refractivity contribution in [2.45, 2.75) is 6.42 Å². The predicted molar refractivity (Wildman–Crippen MR) is 54.7 cm³/mol. The molecule has 0 N–H and O–H groups in total. The number of ether oxygens (including phenoxy) is 1. The van der Waals surface area contributed by atoms with E-state index in [0.717, 1.165) is 0 Å². The Bertz CT molecular complexity index is 428. The molecule has 1 aliphatic rings. The first kappa shape index (κ1) is 11.0. The molecule has 0 aliphatic carbocycles. The van der Waals surface area contributed by atoms with Crippen molar-refractivity contribution in [3.63, 3.8) is 0 Å². The highest BCUT2D eigenvalue weighted by molar-refractivity contribution is 6.11. The number of rotatable bonds is 2. The number of benzene rings is 1. The van der Waals surface area contributed by atoms with Gasteiger partial charge in [0.15, 0.2) is 5.78 Å². The topological polar surface area (TPSA) is 43.4 Å². The number of hydrogen-bond donors (Lipinski definition) is 0. The molecule has 3 nitrogen and oxygen atoms in total. The summed E-state index contributed by atoms with van der Waals surface area (Å²) in [6, 6.07) is 5.68. The minimum Gasteiger partial charge on any atom is -0.380 e. The number of carbonyl (C=O) groups is 2. The summed E-state index contributed by atoms with van der Waals surface area (Å²) in [6.45, 7) is 0.409. The Labute approximate surface area is 92.2 Å². The average Bonchev–Trinajstić information content (AvgIpc) is 2.29. The Morgan fingerprint density at radius 2 is 2.12 bits per heavy atom. The van der Waals surface area contributed by atoms with Crippen molar-refractivity contribution in [3.8, 4) is 0 Å². The normalized spacial score (nSPS) is 20.8. The van der Waals surface area contributed by atoms with Gasteiger partial charge in [0.1, 0.15) is 17.5 Å². The molecule has 2 rings (SSSR count). The summed E-state index contributed by atoms with van der Waals surface area (Å²) >= 11 is 0. The molecule has 1 atom stereocenters. The van der Waals surface area contributed by atoms with Crippen LogP contribution >= 0.6 is 0 Å². The number of hydrogen-bond acceptors (Lipinski definition) is 3. The third kappa shape index (κ3) is 2.02. The van der Waals surface area contributed by atoms with Crippen molar-refractivity contribution < 1.29 is 18.7 Å². The van der Waals surface area contributed by atoms with Gasteiger partial charge in [0, 0.05) is 6.42 Å². The lowest BCUT2D eigenvalue weighted by atomic mass is 9.91. The maximum Gasteiger partial charge on any atom is 0.178 e. The molecule has 84 valence electrons. The summed E-state index contributed by atoms with van der Waals surface area (Å²) in [5.74, 6) is -2.08. The average molecular weight is 222 g/mol. The maximum absolute atomic E-state index is 13.3. The molecule has 0 bridgehead atoms. The Balaban J connectivity index is 2.25. The van der Waals surface area contributed by atoms with Crippen LogP contribution in [0.4, 0.5) is 4.39 Å². The molecule has 16 heavy (non-hydrogen) atoms. The van der Waals surface area contributed by atoms with E-state index in [2.05, 4.69) is 0 Å². The summed E-state index contributed by atoms with van der Waals surface area (Å²) in [4.78, 5) is 23.4. The van der Waals surface area contributed by atoms with Gasteiger partial charge in [-0.3, -0.25) is 9.59 Å². The van der Waals surface area contributed by atoms with Gasteiger partial charge in [-0.2, -0.15) is 0 Å². The molecule has 1 fully saturated rings. The number of halogens is 1. The van der Waals surface area contributed by atoms with Crippen LogP contribution in [0.2, 0.25) is 0 Å². The van der Waals surface area contributed by atoms with Crippen LogP contribution in [0.15, 0.2) is 24.3 Å². The van der Waals surface area contributed by atoms with Crippen molar-refractivity contribution >= 4 is 11.6 Å². The van der Waals surface area contributed by atoms with Gasteiger partial charge >= 0.3 is 0 Å². The minimum absolute atomic E-state index is 0.0358. The first-order chi connectivity index (χ1) is 7.70. The maximum atomic E-state index is 13.3. The molecule has 0 aromatic heterocycles. The fourth-order valence-electron chi connectivity index (χ4n) is 1.71. The van der Waals surface area contributed by atoms with Crippen molar-refractivity contribution in [2.24, 2.45) is 5.92 Å². The number of carbonyl (C=O) groups excluding carboxylic acids is 2. The van der Waals surface area contributed by atoms with Gasteiger partial charge in [0.25, 0.3) is 0 Å². The van der Waals surface area contributed by atoms with Gasteiger partial charge in [-0.25, -0.2) is 4.39 Å². The molecule has 1 aromatic carbocycles. The zero-order valence-electron chi connectivity index (χ0n) is 8.61. The lowest BCUT2D eigenvalue weighted by Crippen LogP contribution is -2.34. The summed E-state index contributed by atoms with van der Waals surface area (Å²) in [7, 11) is 0. The molecule has 1 aromatic rings. The van der Waals surface area contributed by atoms with Crippen LogP contribution < -0.4 is 0 Å². The third-order valence-electron chi connectivity index (χ3n) is 2.62. The van der Waals surface area contributed by atoms with Crippen LogP contribution in [0.1, 0.15) is 16.8 Å². The molecule has 0 radical (unpaired) electrons. The van der Waals surface area contributed by atoms with Crippen LogP contribution in [-0.2, 0) is 9.53 Å². The van der Waals surface area contributed by atoms with Crippen LogP contribution in [0.3, 0.4) is 0 Å². The Morgan fingerprint density at radius 1 is 1.38 bits per heavy atom. The fraction of sp³-hybridized carbons (Fsp3) is 0.333. The largest absolute Gasteiger partial charge is 0.380 e. The summed E-state index contributed by atoms with van der Waals surface area (Å²) < 4.78 is 18.4. The third-order valence-corrected chi connectivity index (χ3v) is 2.62. The highest BCUT2D eigenvalue weighted by atomic mass is 19.1. The summed E-state index contributed by atoms with van der Waals surface area (Å²) in [6.07, 6.45) is 0.227. The monoisotopic (exact) mass is 222 g/mol. The Morgan fingerprint density at radius 3 is 2.81 bits per heavy atom. The molecule has 1 aliphatic heterocycles. The summed E-state index contributed by atoms with van der Waals surface area (Å²) in [5.41, 5.74) is -0.0358. The van der Waals surface area contributed by atoms with E-state index in [9.17, 15) is 14.0 Å². The highest BCUT2D eigenvalue weighted by Crippen LogP contribution is 2.18. The van der Waals surface area contributed by atoms with Crippen LogP contribution in [0.5, 0.6) is 0 Å². The number of Topliss-reactive ketones (excluding diaryl/α,β-unsaturated/α-hetero) is 2. The second-order valence-corrected chi connectivity index (χ2v) is 3.69. The Kier molecular flexibility index (Phi) is 3.10. The second kappa shape index (κ2) is 4.53.